The van der Waals surface area contributed by atoms with Crippen LogP contribution in [-0.4, -0.2) is 31.0 Å². The zero-order valence-electron chi connectivity index (χ0n) is 14.0. The highest BCUT2D eigenvalue weighted by molar-refractivity contribution is 5.83. The average Bonchev–Trinajstić information content (AvgIpc) is 3.04. The Morgan fingerprint density at radius 3 is 2.67 bits per heavy atom. The minimum Gasteiger partial charge on any atom is -0.374 e. The molecule has 3 rings (SSSR count). The normalized spacial score (nSPS) is 10.7. The number of para-hydroxylation sites is 2. The molecule has 2 N–H and O–H groups in total. The number of amides is 1. The zero-order chi connectivity index (χ0) is 16.8. The number of anilines is 1. The van der Waals surface area contributed by atoms with Crippen LogP contribution in [0.1, 0.15) is 12.0 Å². The van der Waals surface area contributed by atoms with E-state index in [1.54, 1.807) is 0 Å². The maximum absolute atomic E-state index is 12.0. The molecule has 24 heavy (non-hydrogen) atoms. The summed E-state index contributed by atoms with van der Waals surface area (Å²) in [5.74, 6) is 0.0950. The molecule has 0 spiro atoms. The second-order valence-corrected chi connectivity index (χ2v) is 5.97. The summed E-state index contributed by atoms with van der Waals surface area (Å²) < 4.78 is 0. The Morgan fingerprint density at radius 1 is 1.08 bits per heavy atom. The molecule has 4 nitrogen and oxygen atoms in total. The second kappa shape index (κ2) is 7.68. The summed E-state index contributed by atoms with van der Waals surface area (Å²) in [4.78, 5) is 17.4. The minimum absolute atomic E-state index is 0.0950. The molecule has 0 aliphatic heterocycles. The van der Waals surface area contributed by atoms with Crippen molar-refractivity contribution in [3.63, 3.8) is 0 Å². The molecular formula is C20H23N3O. The van der Waals surface area contributed by atoms with Crippen LogP contribution in [0, 0.1) is 0 Å². The summed E-state index contributed by atoms with van der Waals surface area (Å²) in [6, 6.07) is 18.3. The molecule has 1 heterocycles. The quantitative estimate of drug-likeness (QED) is 0.701. The molecule has 4 heteroatoms. The van der Waals surface area contributed by atoms with Crippen molar-refractivity contribution in [2.45, 2.75) is 12.8 Å². The van der Waals surface area contributed by atoms with Crippen LogP contribution in [0.15, 0.2) is 60.8 Å². The van der Waals surface area contributed by atoms with Crippen molar-refractivity contribution < 1.29 is 4.79 Å². The van der Waals surface area contributed by atoms with Crippen LogP contribution in [0.25, 0.3) is 10.9 Å². The lowest BCUT2D eigenvalue weighted by atomic mass is 10.1. The lowest BCUT2D eigenvalue weighted by molar-refractivity contribution is -0.120. The van der Waals surface area contributed by atoms with E-state index in [0.29, 0.717) is 19.5 Å². The van der Waals surface area contributed by atoms with Crippen LogP contribution < -0.4 is 10.2 Å². The van der Waals surface area contributed by atoms with Crippen molar-refractivity contribution in [2.75, 3.05) is 25.0 Å². The molecule has 124 valence electrons. The molecular weight excluding hydrogens is 298 g/mol. The number of hydrogen-bond acceptors (Lipinski definition) is 2. The summed E-state index contributed by atoms with van der Waals surface area (Å²) in [5, 5.41) is 4.24. The van der Waals surface area contributed by atoms with E-state index in [-0.39, 0.29) is 5.91 Å². The van der Waals surface area contributed by atoms with Gasteiger partial charge in [-0.1, -0.05) is 36.4 Å². The van der Waals surface area contributed by atoms with E-state index in [0.717, 1.165) is 17.6 Å². The standard InChI is InChI=1S/C20H23N3O/c1-23(17-7-3-2-4-8-17)14-12-20(24)21-13-11-16-15-22-19-10-6-5-9-18(16)19/h2-10,15,22H,11-14H2,1H3,(H,21,24). The number of aromatic nitrogens is 1. The topological polar surface area (TPSA) is 48.1 Å². The maximum Gasteiger partial charge on any atom is 0.221 e. The van der Waals surface area contributed by atoms with Gasteiger partial charge < -0.3 is 15.2 Å². The predicted molar refractivity (Wildman–Crippen MR) is 99.3 cm³/mol. The van der Waals surface area contributed by atoms with Gasteiger partial charge in [-0.15, -0.1) is 0 Å². The number of rotatable bonds is 7. The molecule has 0 atom stereocenters. The largest absolute Gasteiger partial charge is 0.374 e. The first-order chi connectivity index (χ1) is 11.7. The molecule has 0 saturated heterocycles. The predicted octanol–water partition coefficient (Wildman–Crippen LogP) is 3.35. The van der Waals surface area contributed by atoms with Gasteiger partial charge in [-0.05, 0) is 30.2 Å². The number of fused-ring (bicyclic) bond motifs is 1. The van der Waals surface area contributed by atoms with Gasteiger partial charge in [0.25, 0.3) is 0 Å². The van der Waals surface area contributed by atoms with Crippen LogP contribution in [-0.2, 0) is 11.2 Å². The van der Waals surface area contributed by atoms with Crippen molar-refractivity contribution in [2.24, 2.45) is 0 Å². The van der Waals surface area contributed by atoms with Crippen LogP contribution in [0.4, 0.5) is 5.69 Å². The molecule has 1 aromatic heterocycles. The van der Waals surface area contributed by atoms with Crippen molar-refractivity contribution in [3.05, 3.63) is 66.4 Å². The summed E-state index contributed by atoms with van der Waals surface area (Å²) in [5.41, 5.74) is 3.51. The number of benzene rings is 2. The lowest BCUT2D eigenvalue weighted by Gasteiger charge is -2.18. The lowest BCUT2D eigenvalue weighted by Crippen LogP contribution is -2.30. The van der Waals surface area contributed by atoms with Gasteiger partial charge in [0.2, 0.25) is 5.91 Å². The molecule has 0 saturated carbocycles. The molecule has 0 bridgehead atoms. The SMILES string of the molecule is CN(CCC(=O)NCCc1c[nH]c2ccccc12)c1ccccc1. The first kappa shape index (κ1) is 16.1. The van der Waals surface area contributed by atoms with Crippen LogP contribution in [0.5, 0.6) is 0 Å². The zero-order valence-corrected chi connectivity index (χ0v) is 14.0. The first-order valence-corrected chi connectivity index (χ1v) is 8.32. The Bertz CT molecular complexity index is 795. The Morgan fingerprint density at radius 2 is 1.83 bits per heavy atom. The third-order valence-corrected chi connectivity index (χ3v) is 4.26. The van der Waals surface area contributed by atoms with E-state index >= 15 is 0 Å². The Balaban J connectivity index is 1.43. The highest BCUT2D eigenvalue weighted by Gasteiger charge is 2.06. The second-order valence-electron chi connectivity index (χ2n) is 5.97. The fraction of sp³-hybridized carbons (Fsp3) is 0.250. The van der Waals surface area contributed by atoms with Crippen LogP contribution >= 0.6 is 0 Å². The molecule has 0 aliphatic rings. The average molecular weight is 321 g/mol. The first-order valence-electron chi connectivity index (χ1n) is 8.32. The Kier molecular flexibility index (Phi) is 5.16. The van der Waals surface area contributed by atoms with Crippen molar-refractivity contribution in [1.29, 1.82) is 0 Å². The number of hydrogen-bond donors (Lipinski definition) is 2. The van der Waals surface area contributed by atoms with E-state index in [9.17, 15) is 4.79 Å². The van der Waals surface area contributed by atoms with E-state index in [1.807, 2.05) is 43.6 Å². The highest BCUT2D eigenvalue weighted by Crippen LogP contribution is 2.17. The van der Waals surface area contributed by atoms with Gasteiger partial charge in [-0.3, -0.25) is 4.79 Å². The number of carbonyl (C=O) groups excluding carboxylic acids is 1. The van der Waals surface area contributed by atoms with Gasteiger partial charge in [0.15, 0.2) is 0 Å². The minimum atomic E-state index is 0.0950. The van der Waals surface area contributed by atoms with Gasteiger partial charge in [0.1, 0.15) is 0 Å². The monoisotopic (exact) mass is 321 g/mol. The van der Waals surface area contributed by atoms with Crippen LogP contribution in [0.3, 0.4) is 0 Å². The summed E-state index contributed by atoms with van der Waals surface area (Å²) in [7, 11) is 2.01. The van der Waals surface area contributed by atoms with Gasteiger partial charge >= 0.3 is 0 Å². The van der Waals surface area contributed by atoms with Crippen molar-refractivity contribution in [3.8, 4) is 0 Å². The molecule has 2 aromatic carbocycles. The fourth-order valence-corrected chi connectivity index (χ4v) is 2.84. The Hall–Kier alpha value is -2.75. The van der Waals surface area contributed by atoms with E-state index in [1.165, 1.54) is 10.9 Å². The van der Waals surface area contributed by atoms with Gasteiger partial charge in [-0.25, -0.2) is 0 Å². The molecule has 0 radical (unpaired) electrons. The van der Waals surface area contributed by atoms with E-state index in [2.05, 4.69) is 39.5 Å². The third kappa shape index (κ3) is 3.96. The summed E-state index contributed by atoms with van der Waals surface area (Å²) >= 11 is 0. The molecule has 0 unspecified atom stereocenters. The van der Waals surface area contributed by atoms with Gasteiger partial charge in [0.05, 0.1) is 0 Å². The van der Waals surface area contributed by atoms with E-state index < -0.39 is 0 Å². The van der Waals surface area contributed by atoms with Crippen LogP contribution in [0.2, 0.25) is 0 Å². The summed E-state index contributed by atoms with van der Waals surface area (Å²) in [6.45, 7) is 1.37. The van der Waals surface area contributed by atoms with Gasteiger partial charge in [0, 0.05) is 49.3 Å². The van der Waals surface area contributed by atoms with Gasteiger partial charge in [-0.2, -0.15) is 0 Å². The van der Waals surface area contributed by atoms with Crippen molar-refractivity contribution >= 4 is 22.5 Å². The number of aromatic amines is 1. The number of carbonyl (C=O) groups is 1. The van der Waals surface area contributed by atoms with E-state index in [4.69, 9.17) is 0 Å². The molecule has 1 amide bonds. The smallest absolute Gasteiger partial charge is 0.221 e. The fourth-order valence-electron chi connectivity index (χ4n) is 2.84. The highest BCUT2D eigenvalue weighted by atomic mass is 16.1. The molecule has 3 aromatic rings. The van der Waals surface area contributed by atoms with Crippen molar-refractivity contribution in [1.82, 2.24) is 10.3 Å². The third-order valence-electron chi connectivity index (χ3n) is 4.26. The maximum atomic E-state index is 12.0. The number of nitrogens with one attached hydrogen (secondary N) is 2. The molecule has 0 fully saturated rings. The molecule has 0 aliphatic carbocycles. The Labute approximate surface area is 142 Å². The number of H-pyrrole nitrogens is 1. The number of nitrogens with zero attached hydrogens (tertiary/aromatic N) is 1. The summed E-state index contributed by atoms with van der Waals surface area (Å²) in [6.07, 6.45) is 3.36.